The molecule has 0 amide bonds. The lowest BCUT2D eigenvalue weighted by Gasteiger charge is -2.42. The first-order valence-corrected chi connectivity index (χ1v) is 11.0. The van der Waals surface area contributed by atoms with Gasteiger partial charge in [-0.25, -0.2) is 4.79 Å². The SMILES string of the molecule is CC(C)(C)c1ccc(C(C)(C)[C@H]2CCCC[C@@H]2OC(=O)C(=O)c2ccccc2)cc1. The Bertz CT molecular complexity index is 873. The summed E-state index contributed by atoms with van der Waals surface area (Å²) in [5.74, 6) is -1.12. The van der Waals surface area contributed by atoms with Crippen LogP contribution in [0.2, 0.25) is 0 Å². The van der Waals surface area contributed by atoms with Gasteiger partial charge in [0.2, 0.25) is 0 Å². The second-order valence-corrected chi connectivity index (χ2v) is 10.1. The minimum Gasteiger partial charge on any atom is -0.456 e. The first kappa shape index (κ1) is 22.3. The van der Waals surface area contributed by atoms with Gasteiger partial charge >= 0.3 is 5.97 Å². The molecule has 0 N–H and O–H groups in total. The van der Waals surface area contributed by atoms with E-state index in [0.717, 1.165) is 25.7 Å². The van der Waals surface area contributed by atoms with Crippen LogP contribution in [0.5, 0.6) is 0 Å². The van der Waals surface area contributed by atoms with Gasteiger partial charge in [0.25, 0.3) is 5.78 Å². The number of ether oxygens (including phenoxy) is 1. The second kappa shape index (κ2) is 8.75. The first-order chi connectivity index (χ1) is 14.1. The number of Topliss-reactive ketones (excluding diaryl/α,β-unsaturated/α-hetero) is 1. The summed E-state index contributed by atoms with van der Waals surface area (Å²) in [6.07, 6.45) is 3.70. The van der Waals surface area contributed by atoms with Crippen molar-refractivity contribution < 1.29 is 14.3 Å². The highest BCUT2D eigenvalue weighted by Gasteiger charge is 2.41. The van der Waals surface area contributed by atoms with Gasteiger partial charge in [0.05, 0.1) is 0 Å². The van der Waals surface area contributed by atoms with Crippen LogP contribution in [-0.2, 0) is 20.4 Å². The van der Waals surface area contributed by atoms with E-state index in [0.29, 0.717) is 5.56 Å². The molecule has 3 rings (SSSR count). The summed E-state index contributed by atoms with van der Waals surface area (Å²) in [5.41, 5.74) is 2.90. The van der Waals surface area contributed by atoms with E-state index in [2.05, 4.69) is 58.9 Å². The molecule has 1 aliphatic carbocycles. The maximum absolute atomic E-state index is 12.6. The number of esters is 1. The van der Waals surface area contributed by atoms with Crippen molar-refractivity contribution in [2.24, 2.45) is 5.92 Å². The highest BCUT2D eigenvalue weighted by atomic mass is 16.5. The predicted molar refractivity (Wildman–Crippen MR) is 121 cm³/mol. The van der Waals surface area contributed by atoms with Gasteiger partial charge in [-0.2, -0.15) is 0 Å². The molecule has 0 heterocycles. The maximum Gasteiger partial charge on any atom is 0.379 e. The number of carbonyl (C=O) groups is 2. The molecule has 0 unspecified atom stereocenters. The Balaban J connectivity index is 1.78. The number of hydrogen-bond acceptors (Lipinski definition) is 3. The molecule has 1 saturated carbocycles. The molecule has 0 radical (unpaired) electrons. The van der Waals surface area contributed by atoms with Crippen LogP contribution in [0.1, 0.15) is 81.8 Å². The van der Waals surface area contributed by atoms with Crippen LogP contribution in [0.3, 0.4) is 0 Å². The molecule has 0 saturated heterocycles. The highest BCUT2D eigenvalue weighted by molar-refractivity contribution is 6.40. The molecule has 3 nitrogen and oxygen atoms in total. The number of benzene rings is 2. The van der Waals surface area contributed by atoms with Crippen molar-refractivity contribution in [2.45, 2.75) is 77.2 Å². The van der Waals surface area contributed by atoms with E-state index >= 15 is 0 Å². The van der Waals surface area contributed by atoms with Gasteiger partial charge in [0.15, 0.2) is 0 Å². The van der Waals surface area contributed by atoms with Gasteiger partial charge in [-0.1, -0.05) is 95.6 Å². The van der Waals surface area contributed by atoms with Crippen molar-refractivity contribution in [3.05, 3.63) is 71.3 Å². The first-order valence-electron chi connectivity index (χ1n) is 11.0. The predicted octanol–water partition coefficient (Wildman–Crippen LogP) is 6.25. The van der Waals surface area contributed by atoms with E-state index in [1.54, 1.807) is 24.3 Å². The number of carbonyl (C=O) groups excluding carboxylic acids is 2. The average molecular weight is 407 g/mol. The molecule has 1 aliphatic rings. The Hall–Kier alpha value is -2.42. The largest absolute Gasteiger partial charge is 0.456 e. The Kier molecular flexibility index (Phi) is 6.50. The standard InChI is InChI=1S/C27H34O3/c1-26(2,3)20-15-17-21(18-16-20)27(4,5)22-13-9-10-14-23(22)30-25(29)24(28)19-11-7-6-8-12-19/h6-8,11-12,15-18,22-23H,9-10,13-14H2,1-5H3/t22-,23-/m0/s1. The quantitative estimate of drug-likeness (QED) is 0.335. The lowest BCUT2D eigenvalue weighted by Crippen LogP contribution is -2.42. The molecule has 30 heavy (non-hydrogen) atoms. The van der Waals surface area contributed by atoms with Crippen LogP contribution in [0.15, 0.2) is 54.6 Å². The summed E-state index contributed by atoms with van der Waals surface area (Å²) in [5, 5.41) is 0. The molecular weight excluding hydrogens is 372 g/mol. The van der Waals surface area contributed by atoms with E-state index in [1.807, 2.05) is 6.07 Å². The lowest BCUT2D eigenvalue weighted by molar-refractivity contribution is -0.149. The van der Waals surface area contributed by atoms with E-state index in [-0.39, 0.29) is 22.9 Å². The number of ketones is 1. The molecule has 1 fully saturated rings. The minimum absolute atomic E-state index is 0.114. The average Bonchev–Trinajstić information content (AvgIpc) is 2.73. The van der Waals surface area contributed by atoms with Crippen molar-refractivity contribution >= 4 is 11.8 Å². The highest BCUT2D eigenvalue weighted by Crippen LogP contribution is 2.42. The topological polar surface area (TPSA) is 43.4 Å². The molecule has 0 aromatic heterocycles. The van der Waals surface area contributed by atoms with Crippen molar-refractivity contribution in [3.8, 4) is 0 Å². The van der Waals surface area contributed by atoms with E-state index in [9.17, 15) is 9.59 Å². The van der Waals surface area contributed by atoms with Crippen LogP contribution < -0.4 is 0 Å². The van der Waals surface area contributed by atoms with Crippen LogP contribution >= 0.6 is 0 Å². The lowest BCUT2D eigenvalue weighted by atomic mass is 9.66. The Morgan fingerprint density at radius 3 is 1.97 bits per heavy atom. The minimum atomic E-state index is -0.739. The number of rotatable bonds is 5. The molecule has 3 heteroatoms. The molecule has 2 aromatic carbocycles. The summed E-state index contributed by atoms with van der Waals surface area (Å²) in [7, 11) is 0. The smallest absolute Gasteiger partial charge is 0.379 e. The fourth-order valence-corrected chi connectivity index (χ4v) is 4.58. The van der Waals surface area contributed by atoms with Crippen molar-refractivity contribution in [1.29, 1.82) is 0 Å². The van der Waals surface area contributed by atoms with E-state index in [4.69, 9.17) is 4.74 Å². The molecule has 2 atom stereocenters. The summed E-state index contributed by atoms with van der Waals surface area (Å²) in [6, 6.07) is 17.5. The van der Waals surface area contributed by atoms with Gasteiger partial charge in [-0.05, 0) is 41.2 Å². The Morgan fingerprint density at radius 1 is 0.800 bits per heavy atom. The summed E-state index contributed by atoms with van der Waals surface area (Å²) in [4.78, 5) is 25.1. The Labute approximate surface area is 180 Å². The van der Waals surface area contributed by atoms with Gasteiger partial charge < -0.3 is 4.74 Å². The maximum atomic E-state index is 12.6. The van der Waals surface area contributed by atoms with Crippen molar-refractivity contribution in [3.63, 3.8) is 0 Å². The van der Waals surface area contributed by atoms with Gasteiger partial charge in [-0.15, -0.1) is 0 Å². The zero-order valence-corrected chi connectivity index (χ0v) is 18.9. The van der Waals surface area contributed by atoms with Gasteiger partial charge in [-0.3, -0.25) is 4.79 Å². The third-order valence-electron chi connectivity index (χ3n) is 6.60. The third kappa shape index (κ3) is 4.83. The summed E-state index contributed by atoms with van der Waals surface area (Å²) in [6.45, 7) is 11.1. The normalized spacial score (nSPS) is 19.9. The van der Waals surface area contributed by atoms with Crippen LogP contribution in [0.25, 0.3) is 0 Å². The fraction of sp³-hybridized carbons (Fsp3) is 0.481. The van der Waals surface area contributed by atoms with Crippen molar-refractivity contribution in [1.82, 2.24) is 0 Å². The molecule has 0 bridgehead atoms. The van der Waals surface area contributed by atoms with Crippen LogP contribution in [0, 0.1) is 5.92 Å². The molecule has 160 valence electrons. The summed E-state index contributed by atoms with van der Waals surface area (Å²) < 4.78 is 5.82. The van der Waals surface area contributed by atoms with Gasteiger partial charge in [0, 0.05) is 11.5 Å². The van der Waals surface area contributed by atoms with Crippen LogP contribution in [-0.4, -0.2) is 17.9 Å². The fourth-order valence-electron chi connectivity index (χ4n) is 4.58. The van der Waals surface area contributed by atoms with Crippen molar-refractivity contribution in [2.75, 3.05) is 0 Å². The monoisotopic (exact) mass is 406 g/mol. The number of hydrogen-bond donors (Lipinski definition) is 0. The van der Waals surface area contributed by atoms with E-state index < -0.39 is 11.8 Å². The zero-order chi connectivity index (χ0) is 21.9. The molecular formula is C27H34O3. The van der Waals surface area contributed by atoms with Gasteiger partial charge in [0.1, 0.15) is 6.10 Å². The zero-order valence-electron chi connectivity index (χ0n) is 18.9. The third-order valence-corrected chi connectivity index (χ3v) is 6.60. The molecule has 0 aliphatic heterocycles. The summed E-state index contributed by atoms with van der Waals surface area (Å²) >= 11 is 0. The Morgan fingerprint density at radius 2 is 1.37 bits per heavy atom. The van der Waals surface area contributed by atoms with E-state index in [1.165, 1.54) is 11.1 Å². The molecule has 2 aromatic rings. The molecule has 0 spiro atoms. The second-order valence-electron chi connectivity index (χ2n) is 10.1. The van der Waals surface area contributed by atoms with Crippen LogP contribution in [0.4, 0.5) is 0 Å².